The number of hydrogen-bond donors (Lipinski definition) is 2. The van der Waals surface area contributed by atoms with Crippen LogP contribution in [0.3, 0.4) is 0 Å². The molecule has 4 rings (SSSR count). The number of nitrogens with one attached hydrogen (secondary N) is 2. The van der Waals surface area contributed by atoms with Gasteiger partial charge in [0.05, 0.1) is 11.6 Å². The smallest absolute Gasteiger partial charge is 0.271 e. The molecular formula is C24H27N5O2. The van der Waals surface area contributed by atoms with E-state index in [0.29, 0.717) is 30.4 Å². The molecule has 160 valence electrons. The molecule has 3 heterocycles. The lowest BCUT2D eigenvalue weighted by molar-refractivity contribution is -0.121. The van der Waals surface area contributed by atoms with Crippen LogP contribution < -0.4 is 5.32 Å². The van der Waals surface area contributed by atoms with E-state index in [-0.39, 0.29) is 17.7 Å². The van der Waals surface area contributed by atoms with E-state index >= 15 is 0 Å². The summed E-state index contributed by atoms with van der Waals surface area (Å²) in [7, 11) is 0. The molecule has 0 saturated carbocycles. The van der Waals surface area contributed by atoms with Gasteiger partial charge in [-0.05, 0) is 54.7 Å². The Bertz CT molecular complexity index is 1040. The lowest BCUT2D eigenvalue weighted by Crippen LogP contribution is -2.43. The Morgan fingerprint density at radius 1 is 1.19 bits per heavy atom. The molecule has 31 heavy (non-hydrogen) atoms. The van der Waals surface area contributed by atoms with Crippen LogP contribution in [0.15, 0.2) is 54.9 Å². The summed E-state index contributed by atoms with van der Waals surface area (Å²) in [6, 6.07) is 13.4. The van der Waals surface area contributed by atoms with Gasteiger partial charge < -0.3 is 10.2 Å². The van der Waals surface area contributed by atoms with E-state index < -0.39 is 0 Å². The standard InChI is InChI=1S/C24H27N5O2/c1-16(2)17-7-9-20(10-8-17)26-23(30)19-6-4-12-29(15-19)24(31)22-13-21(27-28-22)18-5-3-11-25-14-18/h3,5,7-11,13-14,16,19H,4,6,12,15H2,1-2H3,(H,26,30)(H,27,28). The van der Waals surface area contributed by atoms with E-state index in [9.17, 15) is 9.59 Å². The third kappa shape index (κ3) is 4.82. The van der Waals surface area contributed by atoms with Crippen molar-refractivity contribution in [3.05, 3.63) is 66.1 Å². The zero-order valence-corrected chi connectivity index (χ0v) is 17.8. The molecule has 0 aliphatic carbocycles. The number of hydrogen-bond acceptors (Lipinski definition) is 4. The Morgan fingerprint density at radius 3 is 2.71 bits per heavy atom. The van der Waals surface area contributed by atoms with Crippen LogP contribution in [0.2, 0.25) is 0 Å². The van der Waals surface area contributed by atoms with Crippen molar-refractivity contribution in [3.63, 3.8) is 0 Å². The molecule has 1 aliphatic heterocycles. The zero-order valence-electron chi connectivity index (χ0n) is 17.8. The van der Waals surface area contributed by atoms with E-state index in [4.69, 9.17) is 0 Å². The summed E-state index contributed by atoms with van der Waals surface area (Å²) >= 11 is 0. The first kappa shape index (κ1) is 20.8. The van der Waals surface area contributed by atoms with Crippen molar-refractivity contribution in [3.8, 4) is 11.3 Å². The molecule has 3 aromatic rings. The van der Waals surface area contributed by atoms with Gasteiger partial charge >= 0.3 is 0 Å². The quantitative estimate of drug-likeness (QED) is 0.654. The maximum atomic E-state index is 13.0. The normalized spacial score (nSPS) is 16.4. The van der Waals surface area contributed by atoms with Crippen molar-refractivity contribution in [2.45, 2.75) is 32.6 Å². The summed E-state index contributed by atoms with van der Waals surface area (Å²) in [5.74, 6) is 0.0314. The fourth-order valence-electron chi connectivity index (χ4n) is 3.84. The number of H-pyrrole nitrogens is 1. The van der Waals surface area contributed by atoms with E-state index in [1.807, 2.05) is 36.4 Å². The molecule has 7 heteroatoms. The Labute approximate surface area is 181 Å². The van der Waals surface area contributed by atoms with Crippen LogP contribution in [-0.4, -0.2) is 45.0 Å². The van der Waals surface area contributed by atoms with E-state index in [0.717, 1.165) is 24.1 Å². The van der Waals surface area contributed by atoms with Gasteiger partial charge in [0.25, 0.3) is 5.91 Å². The van der Waals surface area contributed by atoms with Gasteiger partial charge in [-0.15, -0.1) is 0 Å². The van der Waals surface area contributed by atoms with Gasteiger partial charge in [0.1, 0.15) is 5.69 Å². The predicted molar refractivity (Wildman–Crippen MR) is 120 cm³/mol. The molecule has 2 aromatic heterocycles. The molecule has 1 atom stereocenters. The first-order chi connectivity index (χ1) is 15.0. The summed E-state index contributed by atoms with van der Waals surface area (Å²) in [5, 5.41) is 10.1. The number of piperidine rings is 1. The molecular weight excluding hydrogens is 390 g/mol. The Kier molecular flexibility index (Phi) is 6.11. The number of aromatic nitrogens is 3. The van der Waals surface area contributed by atoms with Crippen molar-refractivity contribution in [1.29, 1.82) is 0 Å². The van der Waals surface area contributed by atoms with Gasteiger partial charge in [-0.1, -0.05) is 26.0 Å². The van der Waals surface area contributed by atoms with Gasteiger partial charge in [-0.3, -0.25) is 19.7 Å². The van der Waals surface area contributed by atoms with Gasteiger partial charge in [0.15, 0.2) is 0 Å². The van der Waals surface area contributed by atoms with Gasteiger partial charge in [0, 0.05) is 36.7 Å². The Balaban J connectivity index is 1.39. The number of anilines is 1. The summed E-state index contributed by atoms with van der Waals surface area (Å²) in [6.07, 6.45) is 4.96. The highest BCUT2D eigenvalue weighted by Gasteiger charge is 2.29. The lowest BCUT2D eigenvalue weighted by atomic mass is 9.96. The molecule has 1 aliphatic rings. The van der Waals surface area contributed by atoms with Crippen molar-refractivity contribution in [2.24, 2.45) is 5.92 Å². The van der Waals surface area contributed by atoms with Crippen LogP contribution in [0, 0.1) is 5.92 Å². The number of rotatable bonds is 5. The molecule has 7 nitrogen and oxygen atoms in total. The molecule has 1 fully saturated rings. The second kappa shape index (κ2) is 9.12. The Hall–Kier alpha value is -3.48. The van der Waals surface area contributed by atoms with Crippen molar-refractivity contribution < 1.29 is 9.59 Å². The summed E-state index contributed by atoms with van der Waals surface area (Å²) in [6.45, 7) is 5.31. The molecule has 0 radical (unpaired) electrons. The first-order valence-corrected chi connectivity index (χ1v) is 10.7. The fraction of sp³-hybridized carbons (Fsp3) is 0.333. The summed E-state index contributed by atoms with van der Waals surface area (Å²) in [5.41, 5.74) is 3.96. The number of carbonyl (C=O) groups excluding carboxylic acids is 2. The van der Waals surface area contributed by atoms with Crippen molar-refractivity contribution in [1.82, 2.24) is 20.1 Å². The Morgan fingerprint density at radius 2 is 2.00 bits per heavy atom. The minimum absolute atomic E-state index is 0.0459. The number of likely N-dealkylation sites (tertiary alicyclic amines) is 1. The number of nitrogens with zero attached hydrogens (tertiary/aromatic N) is 3. The van der Waals surface area contributed by atoms with Crippen LogP contribution in [0.1, 0.15) is 48.7 Å². The fourth-order valence-corrected chi connectivity index (χ4v) is 3.84. The lowest BCUT2D eigenvalue weighted by Gasteiger charge is -2.31. The minimum atomic E-state index is -0.233. The van der Waals surface area contributed by atoms with Crippen molar-refractivity contribution in [2.75, 3.05) is 18.4 Å². The van der Waals surface area contributed by atoms with Gasteiger partial charge in [-0.25, -0.2) is 0 Å². The molecule has 2 N–H and O–H groups in total. The molecule has 1 saturated heterocycles. The van der Waals surface area contributed by atoms with Crippen LogP contribution in [-0.2, 0) is 4.79 Å². The molecule has 0 bridgehead atoms. The molecule has 1 aromatic carbocycles. The highest BCUT2D eigenvalue weighted by molar-refractivity contribution is 5.95. The average molecular weight is 418 g/mol. The second-order valence-corrected chi connectivity index (χ2v) is 8.26. The largest absolute Gasteiger partial charge is 0.337 e. The number of carbonyl (C=O) groups is 2. The van der Waals surface area contributed by atoms with Gasteiger partial charge in [-0.2, -0.15) is 5.10 Å². The SMILES string of the molecule is CC(C)c1ccc(NC(=O)C2CCCN(C(=O)c3cc(-c4cccnc4)n[nH]3)C2)cc1. The summed E-state index contributed by atoms with van der Waals surface area (Å²) < 4.78 is 0. The molecule has 2 amide bonds. The minimum Gasteiger partial charge on any atom is -0.337 e. The first-order valence-electron chi connectivity index (χ1n) is 10.7. The van der Waals surface area contributed by atoms with Gasteiger partial charge in [0.2, 0.25) is 5.91 Å². The number of benzene rings is 1. The number of pyridine rings is 1. The average Bonchev–Trinajstić information content (AvgIpc) is 3.30. The zero-order chi connectivity index (χ0) is 21.8. The second-order valence-electron chi connectivity index (χ2n) is 8.26. The summed E-state index contributed by atoms with van der Waals surface area (Å²) in [4.78, 5) is 31.6. The molecule has 1 unspecified atom stereocenters. The third-order valence-corrected chi connectivity index (χ3v) is 5.69. The van der Waals surface area contributed by atoms with E-state index in [1.165, 1.54) is 5.56 Å². The topological polar surface area (TPSA) is 91.0 Å². The van der Waals surface area contributed by atoms with Crippen LogP contribution in [0.25, 0.3) is 11.3 Å². The van der Waals surface area contributed by atoms with Crippen LogP contribution in [0.5, 0.6) is 0 Å². The third-order valence-electron chi connectivity index (χ3n) is 5.69. The van der Waals surface area contributed by atoms with E-state index in [1.54, 1.807) is 23.4 Å². The van der Waals surface area contributed by atoms with Crippen molar-refractivity contribution >= 4 is 17.5 Å². The maximum absolute atomic E-state index is 13.0. The van der Waals surface area contributed by atoms with Crippen LogP contribution in [0.4, 0.5) is 5.69 Å². The molecule has 0 spiro atoms. The van der Waals surface area contributed by atoms with Crippen LogP contribution >= 0.6 is 0 Å². The monoisotopic (exact) mass is 417 g/mol. The number of aromatic amines is 1. The maximum Gasteiger partial charge on any atom is 0.271 e. The number of amides is 2. The predicted octanol–water partition coefficient (Wildman–Crippen LogP) is 4.09. The van der Waals surface area contributed by atoms with E-state index in [2.05, 4.69) is 34.3 Å². The highest BCUT2D eigenvalue weighted by atomic mass is 16.2. The highest BCUT2D eigenvalue weighted by Crippen LogP contribution is 2.23.